The number of amides is 1. The smallest absolute Gasteiger partial charge is 0.272 e. The molecule has 0 fully saturated rings. The molecule has 2 N–H and O–H groups in total. The Hall–Kier alpha value is -3.99. The maximum absolute atomic E-state index is 13.3. The normalized spacial score (nSPS) is 12.3. The third-order valence-corrected chi connectivity index (χ3v) is 6.21. The van der Waals surface area contributed by atoms with Crippen LogP contribution in [0.5, 0.6) is 5.75 Å². The van der Waals surface area contributed by atoms with Gasteiger partial charge in [0.05, 0.1) is 23.0 Å². The van der Waals surface area contributed by atoms with Crippen LogP contribution in [0.1, 0.15) is 68.6 Å². The van der Waals surface area contributed by atoms with E-state index in [1.165, 1.54) is 6.21 Å². The minimum atomic E-state index is -0.343. The molecule has 4 aromatic rings. The van der Waals surface area contributed by atoms with E-state index in [0.29, 0.717) is 16.8 Å². The number of rotatable bonds is 4. The van der Waals surface area contributed by atoms with Crippen molar-refractivity contribution in [1.82, 2.24) is 10.4 Å². The van der Waals surface area contributed by atoms with Crippen molar-refractivity contribution in [3.63, 3.8) is 0 Å². The van der Waals surface area contributed by atoms with Crippen LogP contribution in [-0.4, -0.2) is 22.2 Å². The average molecular weight is 480 g/mol. The van der Waals surface area contributed by atoms with Crippen molar-refractivity contribution < 1.29 is 9.90 Å². The first-order chi connectivity index (χ1) is 16.9. The number of para-hydroxylation sites is 1. The number of phenolic OH excluding ortho intramolecular Hbond substituents is 1. The van der Waals surface area contributed by atoms with Gasteiger partial charge in [0.1, 0.15) is 5.75 Å². The summed E-state index contributed by atoms with van der Waals surface area (Å²) in [5.74, 6) is -0.168. The number of carbonyl (C=O) groups excluding carboxylic acids is 1. The lowest BCUT2D eigenvalue weighted by atomic mass is 9.79. The summed E-state index contributed by atoms with van der Waals surface area (Å²) in [6.07, 6.45) is 1.51. The number of phenols is 1. The molecule has 0 aliphatic carbocycles. The van der Waals surface area contributed by atoms with Crippen molar-refractivity contribution in [3.05, 3.63) is 95.1 Å². The largest absolute Gasteiger partial charge is 0.507 e. The molecule has 0 unspecified atom stereocenters. The molecule has 0 radical (unpaired) electrons. The van der Waals surface area contributed by atoms with Gasteiger partial charge >= 0.3 is 0 Å². The number of carbonyl (C=O) groups is 1. The highest BCUT2D eigenvalue weighted by Gasteiger charge is 2.24. The number of benzene rings is 3. The number of fused-ring (bicyclic) bond motifs is 1. The second-order valence-corrected chi connectivity index (χ2v) is 11.1. The van der Waals surface area contributed by atoms with Gasteiger partial charge in [-0.25, -0.2) is 10.4 Å². The van der Waals surface area contributed by atoms with Crippen LogP contribution in [0.15, 0.2) is 77.9 Å². The number of hydrazone groups is 1. The number of aromatic nitrogens is 1. The summed E-state index contributed by atoms with van der Waals surface area (Å²) in [4.78, 5) is 18.0. The third-order valence-electron chi connectivity index (χ3n) is 6.21. The quantitative estimate of drug-likeness (QED) is 0.245. The molecule has 0 atom stereocenters. The Morgan fingerprint density at radius 1 is 0.889 bits per heavy atom. The predicted octanol–water partition coefficient (Wildman–Crippen LogP) is 6.97. The van der Waals surface area contributed by atoms with Crippen LogP contribution in [0.2, 0.25) is 0 Å². The Balaban J connectivity index is 1.70. The molecule has 0 aliphatic rings. The number of aromatic hydroxyl groups is 1. The molecule has 5 nitrogen and oxygen atoms in total. The van der Waals surface area contributed by atoms with Crippen molar-refractivity contribution in [2.75, 3.05) is 0 Å². The van der Waals surface area contributed by atoms with Crippen molar-refractivity contribution in [2.24, 2.45) is 5.10 Å². The summed E-state index contributed by atoms with van der Waals surface area (Å²) in [7, 11) is 0. The summed E-state index contributed by atoms with van der Waals surface area (Å²) in [6.45, 7) is 12.6. The molecule has 1 heterocycles. The van der Waals surface area contributed by atoms with E-state index < -0.39 is 0 Å². The van der Waals surface area contributed by atoms with Crippen molar-refractivity contribution >= 4 is 23.0 Å². The van der Waals surface area contributed by atoms with Gasteiger partial charge in [-0.1, -0.05) is 96.1 Å². The topological polar surface area (TPSA) is 74.6 Å². The third kappa shape index (κ3) is 5.30. The van der Waals surface area contributed by atoms with E-state index in [1.807, 2.05) is 60.7 Å². The predicted molar refractivity (Wildman–Crippen MR) is 148 cm³/mol. The lowest BCUT2D eigenvalue weighted by molar-refractivity contribution is 0.0956. The highest BCUT2D eigenvalue weighted by atomic mass is 16.3. The fourth-order valence-corrected chi connectivity index (χ4v) is 4.10. The van der Waals surface area contributed by atoms with Crippen LogP contribution < -0.4 is 5.43 Å². The SMILES string of the molecule is CC(C)(C)c1cc(/C=N/NC(=O)c2cc(-c3ccccc3)nc3ccccc23)c(O)c(C(C)(C)C)c1. The molecule has 36 heavy (non-hydrogen) atoms. The van der Waals surface area contributed by atoms with Gasteiger partial charge in [-0.15, -0.1) is 0 Å². The lowest BCUT2D eigenvalue weighted by Crippen LogP contribution is -2.19. The molecule has 0 aliphatic heterocycles. The summed E-state index contributed by atoms with van der Waals surface area (Å²) in [5.41, 5.74) is 7.66. The summed E-state index contributed by atoms with van der Waals surface area (Å²) >= 11 is 0. The molecule has 0 saturated heterocycles. The number of nitrogens with one attached hydrogen (secondary N) is 1. The standard InChI is InChI=1S/C31H33N3O2/c1-30(2,3)22-16-21(28(35)25(17-22)31(4,5)6)19-32-34-29(36)24-18-27(20-12-8-7-9-13-20)33-26-15-11-10-14-23(24)26/h7-19,35H,1-6H3,(H,34,36)/b32-19+. The molecule has 0 saturated carbocycles. The second-order valence-electron chi connectivity index (χ2n) is 11.1. The van der Waals surface area contributed by atoms with E-state index in [4.69, 9.17) is 4.98 Å². The van der Waals surface area contributed by atoms with E-state index in [9.17, 15) is 9.90 Å². The minimum absolute atomic E-state index is 0.108. The highest BCUT2D eigenvalue weighted by Crippen LogP contribution is 2.37. The summed E-state index contributed by atoms with van der Waals surface area (Å²) < 4.78 is 0. The van der Waals surface area contributed by atoms with Gasteiger partial charge in [0, 0.05) is 22.1 Å². The first-order valence-corrected chi connectivity index (χ1v) is 12.1. The highest BCUT2D eigenvalue weighted by molar-refractivity contribution is 6.07. The van der Waals surface area contributed by atoms with Crippen LogP contribution in [0.25, 0.3) is 22.2 Å². The van der Waals surface area contributed by atoms with E-state index >= 15 is 0 Å². The Bertz CT molecular complexity index is 1440. The van der Waals surface area contributed by atoms with Gasteiger partial charge in [0.15, 0.2) is 0 Å². The first kappa shape index (κ1) is 25.1. The van der Waals surface area contributed by atoms with Crippen molar-refractivity contribution in [1.29, 1.82) is 0 Å². The van der Waals surface area contributed by atoms with Crippen LogP contribution in [0.3, 0.4) is 0 Å². The van der Waals surface area contributed by atoms with Crippen LogP contribution >= 0.6 is 0 Å². The van der Waals surface area contributed by atoms with Crippen molar-refractivity contribution in [3.8, 4) is 17.0 Å². The van der Waals surface area contributed by atoms with E-state index in [-0.39, 0.29) is 22.5 Å². The Morgan fingerprint density at radius 2 is 1.56 bits per heavy atom. The molecule has 184 valence electrons. The van der Waals surface area contributed by atoms with Crippen LogP contribution in [-0.2, 0) is 10.8 Å². The van der Waals surface area contributed by atoms with E-state index in [0.717, 1.165) is 27.6 Å². The van der Waals surface area contributed by atoms with Gasteiger partial charge < -0.3 is 5.11 Å². The molecule has 1 amide bonds. The van der Waals surface area contributed by atoms with Crippen LogP contribution in [0.4, 0.5) is 0 Å². The Kier molecular flexibility index (Phi) is 6.68. The molecule has 0 bridgehead atoms. The fraction of sp³-hybridized carbons (Fsp3) is 0.258. The van der Waals surface area contributed by atoms with Crippen LogP contribution in [0, 0.1) is 0 Å². The number of hydrogen-bond acceptors (Lipinski definition) is 4. The summed E-state index contributed by atoms with van der Waals surface area (Å²) in [6, 6.07) is 23.1. The first-order valence-electron chi connectivity index (χ1n) is 12.1. The minimum Gasteiger partial charge on any atom is -0.507 e. The van der Waals surface area contributed by atoms with Gasteiger partial charge in [-0.05, 0) is 34.6 Å². The lowest BCUT2D eigenvalue weighted by Gasteiger charge is -2.26. The molecule has 4 rings (SSSR count). The van der Waals surface area contributed by atoms with Crippen molar-refractivity contribution in [2.45, 2.75) is 52.4 Å². The molecule has 3 aromatic carbocycles. The van der Waals surface area contributed by atoms with E-state index in [2.05, 4.69) is 58.1 Å². The number of hydrogen-bond donors (Lipinski definition) is 2. The van der Waals surface area contributed by atoms with Gasteiger partial charge in [0.2, 0.25) is 0 Å². The average Bonchev–Trinajstić information content (AvgIpc) is 2.83. The molecule has 0 spiro atoms. The maximum atomic E-state index is 13.3. The zero-order valence-electron chi connectivity index (χ0n) is 21.8. The van der Waals surface area contributed by atoms with E-state index in [1.54, 1.807) is 6.07 Å². The molecular formula is C31H33N3O2. The maximum Gasteiger partial charge on any atom is 0.272 e. The molecular weight excluding hydrogens is 446 g/mol. The second kappa shape index (κ2) is 9.57. The fourth-order valence-electron chi connectivity index (χ4n) is 4.10. The van der Waals surface area contributed by atoms with Gasteiger partial charge in [-0.2, -0.15) is 5.10 Å². The Labute approximate surface area is 212 Å². The zero-order chi connectivity index (χ0) is 26.1. The zero-order valence-corrected chi connectivity index (χ0v) is 21.8. The number of nitrogens with zero attached hydrogens (tertiary/aromatic N) is 2. The summed E-state index contributed by atoms with van der Waals surface area (Å²) in [5, 5.41) is 16.0. The Morgan fingerprint density at radius 3 is 2.22 bits per heavy atom. The van der Waals surface area contributed by atoms with Gasteiger partial charge in [0.25, 0.3) is 5.91 Å². The molecule has 1 aromatic heterocycles. The monoisotopic (exact) mass is 479 g/mol. The van der Waals surface area contributed by atoms with Gasteiger partial charge in [-0.3, -0.25) is 4.79 Å². The number of pyridine rings is 1. The molecule has 5 heteroatoms.